The van der Waals surface area contributed by atoms with Crippen LogP contribution in [0.15, 0.2) is 54.6 Å². The van der Waals surface area contributed by atoms with Gasteiger partial charge in [0.1, 0.15) is 0 Å². The van der Waals surface area contributed by atoms with Crippen molar-refractivity contribution in [3.63, 3.8) is 0 Å². The van der Waals surface area contributed by atoms with Gasteiger partial charge in [-0.1, -0.05) is 85.2 Å². The van der Waals surface area contributed by atoms with Gasteiger partial charge in [0, 0.05) is 0 Å². The SMILES string of the molecule is CC[Si](CC)(c1ccccc1)C1[C-]=Cc2ccccc21.[Cl-].[Cl-].[Cl-].[Ti+4]. The molecule has 1 aliphatic rings. The Morgan fingerprint density at radius 1 is 0.833 bits per heavy atom. The van der Waals surface area contributed by atoms with Crippen LogP contribution in [0.4, 0.5) is 0 Å². The summed E-state index contributed by atoms with van der Waals surface area (Å²) in [4.78, 5) is 0. The van der Waals surface area contributed by atoms with Gasteiger partial charge in [0.25, 0.3) is 0 Å². The quantitative estimate of drug-likeness (QED) is 0.339. The van der Waals surface area contributed by atoms with Crippen molar-refractivity contribution in [2.24, 2.45) is 0 Å². The molecule has 0 fully saturated rings. The van der Waals surface area contributed by atoms with Crippen LogP contribution in [0, 0.1) is 6.08 Å². The molecule has 24 heavy (non-hydrogen) atoms. The Balaban J connectivity index is 0. The largest absolute Gasteiger partial charge is 4.00 e. The van der Waals surface area contributed by atoms with Crippen molar-refractivity contribution < 1.29 is 58.9 Å². The number of rotatable bonds is 4. The average Bonchev–Trinajstić information content (AvgIpc) is 2.95. The van der Waals surface area contributed by atoms with Gasteiger partial charge in [-0.3, -0.25) is 6.08 Å². The normalized spacial score (nSPS) is 14.3. The Bertz CT molecular complexity index is 628. The van der Waals surface area contributed by atoms with E-state index in [2.05, 4.69) is 80.6 Å². The summed E-state index contributed by atoms with van der Waals surface area (Å²) >= 11 is 0. The molecule has 1 aliphatic carbocycles. The maximum absolute atomic E-state index is 3.70. The molecule has 5 heteroatoms. The van der Waals surface area contributed by atoms with Crippen molar-refractivity contribution in [3.8, 4) is 0 Å². The van der Waals surface area contributed by atoms with E-state index in [1.54, 1.807) is 5.19 Å². The monoisotopic (exact) mass is 430 g/mol. The number of benzene rings is 2. The van der Waals surface area contributed by atoms with Gasteiger partial charge in [0.2, 0.25) is 0 Å². The molecule has 0 heterocycles. The second kappa shape index (κ2) is 11.6. The van der Waals surface area contributed by atoms with E-state index in [-0.39, 0.29) is 58.9 Å². The Labute approximate surface area is 180 Å². The Kier molecular flexibility index (Phi) is 12.6. The minimum Gasteiger partial charge on any atom is -1.00 e. The number of hydrogen-bond acceptors (Lipinski definition) is 0. The molecule has 2 aromatic carbocycles. The fourth-order valence-corrected chi connectivity index (χ4v) is 8.21. The number of fused-ring (bicyclic) bond motifs is 1. The minimum absolute atomic E-state index is 0. The van der Waals surface area contributed by atoms with Gasteiger partial charge in [0.15, 0.2) is 0 Å². The average molecular weight is 432 g/mol. The molecule has 0 saturated heterocycles. The molecule has 0 saturated carbocycles. The van der Waals surface area contributed by atoms with Crippen molar-refractivity contribution in [3.05, 3.63) is 71.8 Å². The molecule has 0 spiro atoms. The van der Waals surface area contributed by atoms with Gasteiger partial charge in [0.05, 0.1) is 8.07 Å². The van der Waals surface area contributed by atoms with Crippen LogP contribution in [0.25, 0.3) is 6.08 Å². The van der Waals surface area contributed by atoms with E-state index >= 15 is 0 Å². The van der Waals surface area contributed by atoms with Crippen LogP contribution in [0.5, 0.6) is 0 Å². The molecule has 126 valence electrons. The summed E-state index contributed by atoms with van der Waals surface area (Å²) in [6.07, 6.45) is 5.90. The maximum Gasteiger partial charge on any atom is 4.00 e. The molecule has 0 nitrogen and oxygen atoms in total. The van der Waals surface area contributed by atoms with Crippen molar-refractivity contribution in [2.75, 3.05) is 0 Å². The Morgan fingerprint density at radius 3 is 1.96 bits per heavy atom. The molecule has 1 atom stereocenters. The van der Waals surface area contributed by atoms with Crippen molar-refractivity contribution in [1.82, 2.24) is 0 Å². The summed E-state index contributed by atoms with van der Waals surface area (Å²) in [5.41, 5.74) is 3.37. The number of hydrogen-bond donors (Lipinski definition) is 0. The third-order valence-electron chi connectivity index (χ3n) is 4.88. The first-order valence-electron chi connectivity index (χ1n) is 7.55. The molecule has 0 amide bonds. The van der Waals surface area contributed by atoms with Gasteiger partial charge >= 0.3 is 21.7 Å². The van der Waals surface area contributed by atoms with E-state index in [9.17, 15) is 0 Å². The summed E-state index contributed by atoms with van der Waals surface area (Å²) in [5.74, 6) is 0. The van der Waals surface area contributed by atoms with Crippen LogP contribution in [0.1, 0.15) is 30.5 Å². The molecular formula is C19H21Cl3SiTi. The fraction of sp³-hybridized carbons (Fsp3) is 0.263. The molecule has 1 unspecified atom stereocenters. The van der Waals surface area contributed by atoms with E-state index in [0.29, 0.717) is 5.54 Å². The summed E-state index contributed by atoms with van der Waals surface area (Å²) in [6, 6.07) is 22.5. The molecule has 0 radical (unpaired) electrons. The predicted octanol–water partition coefficient (Wildman–Crippen LogP) is -4.46. The van der Waals surface area contributed by atoms with Crippen molar-refractivity contribution in [1.29, 1.82) is 0 Å². The second-order valence-corrected chi connectivity index (χ2v) is 10.5. The minimum atomic E-state index is -1.58. The van der Waals surface area contributed by atoms with Crippen LogP contribution in [0.2, 0.25) is 12.1 Å². The standard InChI is InChI=1S/C19H21Si.3ClH.Ti/c1-3-20(4-2,17-11-6-5-7-12-17)19-15-14-16-10-8-9-13-18(16)19;;;;/h5-14,19H,3-4H2,1-2H3;3*1H;/q-1;;;;+4/p-3. The van der Waals surface area contributed by atoms with Crippen LogP contribution >= 0.6 is 0 Å². The third kappa shape index (κ3) is 4.58. The molecule has 2 aromatic rings. The molecule has 3 rings (SSSR count). The van der Waals surface area contributed by atoms with Gasteiger partial charge in [-0.2, -0.15) is 5.56 Å². The van der Waals surface area contributed by atoms with Crippen LogP contribution < -0.4 is 42.4 Å². The van der Waals surface area contributed by atoms with Crippen LogP contribution in [0.3, 0.4) is 0 Å². The molecule has 0 aliphatic heterocycles. The molecular weight excluding hydrogens is 411 g/mol. The summed E-state index contributed by atoms with van der Waals surface area (Å²) in [6.45, 7) is 4.73. The summed E-state index contributed by atoms with van der Waals surface area (Å²) in [7, 11) is -1.58. The molecule has 0 bridgehead atoms. The second-order valence-electron chi connectivity index (χ2n) is 5.60. The zero-order valence-electron chi connectivity index (χ0n) is 13.9. The number of allylic oxidation sites excluding steroid dienone is 1. The molecule has 0 aromatic heterocycles. The fourth-order valence-electron chi connectivity index (χ4n) is 3.63. The van der Waals surface area contributed by atoms with Gasteiger partial charge in [-0.15, -0.1) is 11.6 Å². The van der Waals surface area contributed by atoms with Gasteiger partial charge < -0.3 is 37.2 Å². The van der Waals surface area contributed by atoms with E-state index < -0.39 is 8.07 Å². The molecule has 0 N–H and O–H groups in total. The first kappa shape index (κ1) is 26.2. The maximum atomic E-state index is 3.70. The summed E-state index contributed by atoms with van der Waals surface area (Å²) < 4.78 is 0. The van der Waals surface area contributed by atoms with Gasteiger partial charge in [-0.25, -0.2) is 6.08 Å². The van der Waals surface area contributed by atoms with E-state index in [0.717, 1.165) is 0 Å². The zero-order chi connectivity index (χ0) is 14.0. The first-order valence-corrected chi connectivity index (χ1v) is 10.0. The summed E-state index contributed by atoms with van der Waals surface area (Å²) in [5, 5.41) is 1.58. The van der Waals surface area contributed by atoms with E-state index in [1.807, 2.05) is 0 Å². The van der Waals surface area contributed by atoms with Crippen LogP contribution in [-0.4, -0.2) is 8.07 Å². The van der Waals surface area contributed by atoms with Gasteiger partial charge in [-0.05, 0) is 0 Å². The third-order valence-corrected chi connectivity index (χ3v) is 10.5. The van der Waals surface area contributed by atoms with E-state index in [1.165, 1.54) is 23.2 Å². The van der Waals surface area contributed by atoms with Crippen molar-refractivity contribution in [2.45, 2.75) is 31.5 Å². The first-order chi connectivity index (χ1) is 9.81. The van der Waals surface area contributed by atoms with Crippen molar-refractivity contribution >= 4 is 19.3 Å². The zero-order valence-corrected chi connectivity index (χ0v) is 18.7. The van der Waals surface area contributed by atoms with E-state index in [4.69, 9.17) is 0 Å². The Hall–Kier alpha value is -0.0188. The van der Waals surface area contributed by atoms with Crippen LogP contribution in [-0.2, 0) is 21.7 Å². The number of halogens is 3. The Morgan fingerprint density at radius 2 is 1.38 bits per heavy atom. The topological polar surface area (TPSA) is 0 Å². The predicted molar refractivity (Wildman–Crippen MR) is 89.7 cm³/mol. The smallest absolute Gasteiger partial charge is 1.00 e.